The lowest BCUT2D eigenvalue weighted by Crippen LogP contribution is -2.51. The minimum absolute atomic E-state index is 0.0475. The van der Waals surface area contributed by atoms with Gasteiger partial charge >= 0.3 is 6.09 Å². The Hall–Kier alpha value is -2.57. The van der Waals surface area contributed by atoms with Crippen molar-refractivity contribution in [3.05, 3.63) is 30.0 Å². The van der Waals surface area contributed by atoms with Gasteiger partial charge in [0, 0.05) is 31.6 Å². The number of nitrogens with one attached hydrogen (secondary N) is 1. The summed E-state index contributed by atoms with van der Waals surface area (Å²) in [5.74, 6) is -0.0475. The standard InChI is InChI=1S/C17H22N4O3/c1-17(2,3)24-16(23)21-9-7-20(8-10-21)15(22)13-6-4-5-12-11-18-19-14(12)13/h4-6,11H,7-10H2,1-3H3,(H,18,19). The molecule has 7 nitrogen and oxygen atoms in total. The molecule has 2 heterocycles. The number of amides is 2. The van der Waals surface area contributed by atoms with Crippen molar-refractivity contribution >= 4 is 22.9 Å². The van der Waals surface area contributed by atoms with Crippen LogP contribution in [0.25, 0.3) is 10.9 Å². The van der Waals surface area contributed by atoms with E-state index in [9.17, 15) is 9.59 Å². The number of hydrogen-bond acceptors (Lipinski definition) is 4. The molecular formula is C17H22N4O3. The molecule has 1 aromatic carbocycles. The number of carbonyl (C=O) groups is 2. The average Bonchev–Trinajstić information content (AvgIpc) is 3.01. The molecule has 0 unspecified atom stereocenters. The molecular weight excluding hydrogens is 308 g/mol. The fourth-order valence-corrected chi connectivity index (χ4v) is 2.74. The Kier molecular flexibility index (Phi) is 4.17. The minimum Gasteiger partial charge on any atom is -0.444 e. The number of hydrogen-bond donors (Lipinski definition) is 1. The van der Waals surface area contributed by atoms with Crippen LogP contribution in [-0.4, -0.2) is 63.8 Å². The number of aromatic amines is 1. The summed E-state index contributed by atoms with van der Waals surface area (Å²) in [5.41, 5.74) is 0.841. The first-order valence-corrected chi connectivity index (χ1v) is 8.04. The van der Waals surface area contributed by atoms with E-state index in [1.165, 1.54) is 0 Å². The molecule has 7 heteroatoms. The molecule has 0 aliphatic carbocycles. The number of carbonyl (C=O) groups excluding carboxylic acids is 2. The number of para-hydroxylation sites is 1. The number of aromatic nitrogens is 2. The molecule has 1 aliphatic heterocycles. The molecule has 2 aromatic rings. The zero-order valence-electron chi connectivity index (χ0n) is 14.2. The fraction of sp³-hybridized carbons (Fsp3) is 0.471. The third-order valence-electron chi connectivity index (χ3n) is 3.93. The highest BCUT2D eigenvalue weighted by Crippen LogP contribution is 2.19. The zero-order valence-corrected chi connectivity index (χ0v) is 14.2. The fourth-order valence-electron chi connectivity index (χ4n) is 2.74. The molecule has 0 atom stereocenters. The van der Waals surface area contributed by atoms with Gasteiger partial charge in [0.05, 0.1) is 17.3 Å². The highest BCUT2D eigenvalue weighted by Gasteiger charge is 2.28. The number of nitrogens with zero attached hydrogens (tertiary/aromatic N) is 3. The normalized spacial score (nSPS) is 15.6. The first kappa shape index (κ1) is 16.3. The van der Waals surface area contributed by atoms with Crippen molar-refractivity contribution in [2.45, 2.75) is 26.4 Å². The quantitative estimate of drug-likeness (QED) is 0.870. The van der Waals surface area contributed by atoms with Crippen molar-refractivity contribution in [3.8, 4) is 0 Å². The summed E-state index contributed by atoms with van der Waals surface area (Å²) in [4.78, 5) is 28.3. The van der Waals surface area contributed by atoms with Gasteiger partial charge in [-0.15, -0.1) is 0 Å². The minimum atomic E-state index is -0.514. The van der Waals surface area contributed by atoms with Crippen LogP contribution >= 0.6 is 0 Å². The Bertz CT molecular complexity index is 755. The Labute approximate surface area is 140 Å². The molecule has 128 valence electrons. The first-order valence-electron chi connectivity index (χ1n) is 8.04. The third kappa shape index (κ3) is 3.34. The van der Waals surface area contributed by atoms with Gasteiger partial charge < -0.3 is 14.5 Å². The predicted molar refractivity (Wildman–Crippen MR) is 89.8 cm³/mol. The lowest BCUT2D eigenvalue weighted by molar-refractivity contribution is 0.0141. The van der Waals surface area contributed by atoms with E-state index in [0.717, 1.165) is 10.9 Å². The maximum absolute atomic E-state index is 12.8. The highest BCUT2D eigenvalue weighted by molar-refractivity contribution is 6.05. The Morgan fingerprint density at radius 1 is 1.12 bits per heavy atom. The number of benzene rings is 1. The van der Waals surface area contributed by atoms with Gasteiger partial charge in [-0.25, -0.2) is 4.79 Å². The number of fused-ring (bicyclic) bond motifs is 1. The van der Waals surface area contributed by atoms with Crippen LogP contribution in [0.2, 0.25) is 0 Å². The zero-order chi connectivity index (χ0) is 17.3. The molecule has 2 amide bonds. The number of H-pyrrole nitrogens is 1. The van der Waals surface area contributed by atoms with Crippen LogP contribution in [0, 0.1) is 0 Å². The van der Waals surface area contributed by atoms with Crippen molar-refractivity contribution < 1.29 is 14.3 Å². The second-order valence-electron chi connectivity index (χ2n) is 6.90. The van der Waals surface area contributed by atoms with Crippen LogP contribution < -0.4 is 0 Å². The van der Waals surface area contributed by atoms with Crippen LogP contribution in [0.5, 0.6) is 0 Å². The van der Waals surface area contributed by atoms with Crippen molar-refractivity contribution in [1.82, 2.24) is 20.0 Å². The monoisotopic (exact) mass is 330 g/mol. The molecule has 0 bridgehead atoms. The van der Waals surface area contributed by atoms with Crippen LogP contribution in [0.1, 0.15) is 31.1 Å². The van der Waals surface area contributed by atoms with E-state index in [4.69, 9.17) is 4.74 Å². The number of ether oxygens (including phenoxy) is 1. The summed E-state index contributed by atoms with van der Waals surface area (Å²) < 4.78 is 5.38. The molecule has 0 radical (unpaired) electrons. The average molecular weight is 330 g/mol. The van der Waals surface area contributed by atoms with E-state index < -0.39 is 5.60 Å². The second-order valence-corrected chi connectivity index (χ2v) is 6.90. The van der Waals surface area contributed by atoms with Crippen molar-refractivity contribution in [2.24, 2.45) is 0 Å². The van der Waals surface area contributed by atoms with Crippen molar-refractivity contribution in [2.75, 3.05) is 26.2 Å². The van der Waals surface area contributed by atoms with Crippen LogP contribution in [-0.2, 0) is 4.74 Å². The maximum atomic E-state index is 12.8. The molecule has 1 aliphatic rings. The molecule has 1 fully saturated rings. The first-order chi connectivity index (χ1) is 11.3. The van der Waals surface area contributed by atoms with Gasteiger partial charge in [-0.1, -0.05) is 12.1 Å². The maximum Gasteiger partial charge on any atom is 0.410 e. The summed E-state index contributed by atoms with van der Waals surface area (Å²) in [6.45, 7) is 7.45. The Morgan fingerprint density at radius 2 is 1.79 bits per heavy atom. The van der Waals surface area contributed by atoms with Gasteiger partial charge in [-0.2, -0.15) is 5.10 Å². The van der Waals surface area contributed by atoms with Crippen LogP contribution in [0.3, 0.4) is 0 Å². The molecule has 24 heavy (non-hydrogen) atoms. The molecule has 1 N–H and O–H groups in total. The highest BCUT2D eigenvalue weighted by atomic mass is 16.6. The lowest BCUT2D eigenvalue weighted by atomic mass is 10.1. The number of piperazine rings is 1. The van der Waals surface area contributed by atoms with Gasteiger partial charge in [-0.3, -0.25) is 9.89 Å². The van der Waals surface area contributed by atoms with Gasteiger partial charge in [-0.05, 0) is 26.8 Å². The number of rotatable bonds is 1. The van der Waals surface area contributed by atoms with Crippen molar-refractivity contribution in [1.29, 1.82) is 0 Å². The van der Waals surface area contributed by atoms with Gasteiger partial charge in [0.2, 0.25) is 0 Å². The topological polar surface area (TPSA) is 78.5 Å². The van der Waals surface area contributed by atoms with E-state index in [1.807, 2.05) is 32.9 Å². The largest absolute Gasteiger partial charge is 0.444 e. The smallest absolute Gasteiger partial charge is 0.410 e. The molecule has 1 aromatic heterocycles. The summed E-state index contributed by atoms with van der Waals surface area (Å²) >= 11 is 0. The second kappa shape index (κ2) is 6.14. The van der Waals surface area contributed by atoms with Gasteiger partial charge in [0.25, 0.3) is 5.91 Å². The Balaban J connectivity index is 1.65. The van der Waals surface area contributed by atoms with Gasteiger partial charge in [0.1, 0.15) is 5.60 Å². The summed E-state index contributed by atoms with van der Waals surface area (Å²) in [6, 6.07) is 5.56. The lowest BCUT2D eigenvalue weighted by Gasteiger charge is -2.35. The van der Waals surface area contributed by atoms with E-state index in [2.05, 4.69) is 10.2 Å². The molecule has 1 saturated heterocycles. The summed E-state index contributed by atoms with van der Waals surface area (Å²) in [6.07, 6.45) is 1.37. The van der Waals surface area contributed by atoms with Gasteiger partial charge in [0.15, 0.2) is 0 Å². The molecule has 3 rings (SSSR count). The molecule has 0 spiro atoms. The van der Waals surface area contributed by atoms with Crippen LogP contribution in [0.15, 0.2) is 24.4 Å². The van der Waals surface area contributed by atoms with E-state index in [0.29, 0.717) is 31.7 Å². The summed E-state index contributed by atoms with van der Waals surface area (Å²) in [5, 5.41) is 7.78. The van der Waals surface area contributed by atoms with E-state index in [-0.39, 0.29) is 12.0 Å². The molecule has 0 saturated carbocycles. The predicted octanol–water partition coefficient (Wildman–Crippen LogP) is 2.26. The summed E-state index contributed by atoms with van der Waals surface area (Å²) in [7, 11) is 0. The van der Waals surface area contributed by atoms with Crippen molar-refractivity contribution in [3.63, 3.8) is 0 Å². The van der Waals surface area contributed by atoms with Crippen LogP contribution in [0.4, 0.5) is 4.79 Å². The van der Waals surface area contributed by atoms with E-state index in [1.54, 1.807) is 22.1 Å². The SMILES string of the molecule is CC(C)(C)OC(=O)N1CCN(C(=O)c2cccc3cn[nH]c23)CC1. The Morgan fingerprint density at radius 3 is 2.46 bits per heavy atom. The third-order valence-corrected chi connectivity index (χ3v) is 3.93. The van der Waals surface area contributed by atoms with E-state index >= 15 is 0 Å².